The number of piperidine rings is 1. The quantitative estimate of drug-likeness (QED) is 0.656. The summed E-state index contributed by atoms with van der Waals surface area (Å²) in [5.74, 6) is -3.72. The van der Waals surface area contributed by atoms with Crippen molar-refractivity contribution in [1.82, 2.24) is 5.32 Å². The standard InChI is InChI=1S/C9H15F2NO/c1-2-3-8(13)7-4-5-12-6-9(7,10)11/h2,7-8,12-13H,1,3-6H2. The molecule has 1 aliphatic rings. The minimum absolute atomic E-state index is 0.236. The van der Waals surface area contributed by atoms with Crippen molar-refractivity contribution in [3.05, 3.63) is 12.7 Å². The van der Waals surface area contributed by atoms with Gasteiger partial charge < -0.3 is 10.4 Å². The second-order valence-corrected chi connectivity index (χ2v) is 3.42. The van der Waals surface area contributed by atoms with Crippen LogP contribution < -0.4 is 5.32 Å². The molecule has 1 rings (SSSR count). The minimum Gasteiger partial charge on any atom is -0.392 e. The normalized spacial score (nSPS) is 29.6. The van der Waals surface area contributed by atoms with Crippen LogP contribution in [0.15, 0.2) is 12.7 Å². The molecule has 13 heavy (non-hydrogen) atoms. The molecule has 0 aromatic carbocycles. The lowest BCUT2D eigenvalue weighted by Gasteiger charge is -2.34. The Labute approximate surface area is 76.6 Å². The van der Waals surface area contributed by atoms with Crippen molar-refractivity contribution in [3.63, 3.8) is 0 Å². The molecule has 1 fully saturated rings. The Bertz CT molecular complexity index is 184. The fourth-order valence-corrected chi connectivity index (χ4v) is 1.66. The summed E-state index contributed by atoms with van der Waals surface area (Å²) < 4.78 is 26.4. The molecule has 0 aromatic heterocycles. The summed E-state index contributed by atoms with van der Waals surface area (Å²) in [6, 6.07) is 0. The molecule has 0 amide bonds. The third kappa shape index (κ3) is 2.48. The maximum Gasteiger partial charge on any atom is 0.265 e. The number of hydrogen-bond donors (Lipinski definition) is 2. The molecule has 2 unspecified atom stereocenters. The first-order valence-corrected chi connectivity index (χ1v) is 4.45. The van der Waals surface area contributed by atoms with Crippen molar-refractivity contribution >= 4 is 0 Å². The highest BCUT2D eigenvalue weighted by Gasteiger charge is 2.44. The summed E-state index contributed by atoms with van der Waals surface area (Å²) in [4.78, 5) is 0. The van der Waals surface area contributed by atoms with Gasteiger partial charge in [0.25, 0.3) is 5.92 Å². The predicted octanol–water partition coefficient (Wildman–Crippen LogP) is 1.17. The number of nitrogens with one attached hydrogen (secondary N) is 1. The van der Waals surface area contributed by atoms with E-state index in [9.17, 15) is 13.9 Å². The van der Waals surface area contributed by atoms with Gasteiger partial charge in [-0.2, -0.15) is 0 Å². The fraction of sp³-hybridized carbons (Fsp3) is 0.778. The molecule has 1 aliphatic heterocycles. The Morgan fingerprint density at radius 3 is 2.92 bits per heavy atom. The van der Waals surface area contributed by atoms with E-state index in [1.54, 1.807) is 0 Å². The molecule has 0 aromatic rings. The molecular weight excluding hydrogens is 176 g/mol. The van der Waals surface area contributed by atoms with Crippen LogP contribution in [0.25, 0.3) is 0 Å². The van der Waals surface area contributed by atoms with Gasteiger partial charge >= 0.3 is 0 Å². The van der Waals surface area contributed by atoms with E-state index in [0.29, 0.717) is 13.0 Å². The summed E-state index contributed by atoms with van der Waals surface area (Å²) >= 11 is 0. The predicted molar refractivity (Wildman–Crippen MR) is 46.7 cm³/mol. The lowest BCUT2D eigenvalue weighted by Crippen LogP contribution is -2.50. The van der Waals surface area contributed by atoms with Gasteiger partial charge in [-0.15, -0.1) is 6.58 Å². The Hall–Kier alpha value is -0.480. The number of hydrogen-bond acceptors (Lipinski definition) is 2. The van der Waals surface area contributed by atoms with Gasteiger partial charge in [0.15, 0.2) is 0 Å². The lowest BCUT2D eigenvalue weighted by atomic mass is 9.87. The van der Waals surface area contributed by atoms with Crippen molar-refractivity contribution < 1.29 is 13.9 Å². The van der Waals surface area contributed by atoms with Gasteiger partial charge in [0.05, 0.1) is 18.6 Å². The molecule has 1 heterocycles. The minimum atomic E-state index is -2.79. The third-order valence-corrected chi connectivity index (χ3v) is 2.41. The molecule has 0 bridgehead atoms. The second-order valence-electron chi connectivity index (χ2n) is 3.42. The van der Waals surface area contributed by atoms with E-state index in [2.05, 4.69) is 11.9 Å². The molecule has 2 atom stereocenters. The van der Waals surface area contributed by atoms with Crippen molar-refractivity contribution in [2.45, 2.75) is 24.9 Å². The third-order valence-electron chi connectivity index (χ3n) is 2.41. The second kappa shape index (κ2) is 4.15. The van der Waals surface area contributed by atoms with E-state index >= 15 is 0 Å². The molecular formula is C9H15F2NO. The SMILES string of the molecule is C=CCC(O)C1CCNCC1(F)F. The zero-order chi connectivity index (χ0) is 9.90. The first-order chi connectivity index (χ1) is 6.08. The van der Waals surface area contributed by atoms with Crippen LogP contribution in [0.5, 0.6) is 0 Å². The number of aliphatic hydroxyl groups is 1. The molecule has 0 spiro atoms. The number of alkyl halides is 2. The summed E-state index contributed by atoms with van der Waals surface area (Å²) in [6.45, 7) is 3.65. The molecule has 1 saturated heterocycles. The Balaban J connectivity index is 2.59. The monoisotopic (exact) mass is 191 g/mol. The number of aliphatic hydroxyl groups excluding tert-OH is 1. The first-order valence-electron chi connectivity index (χ1n) is 4.45. The van der Waals surface area contributed by atoms with Gasteiger partial charge in [-0.25, -0.2) is 8.78 Å². The van der Waals surface area contributed by atoms with Gasteiger partial charge in [0, 0.05) is 0 Å². The average molecular weight is 191 g/mol. The van der Waals surface area contributed by atoms with E-state index in [4.69, 9.17) is 0 Å². The zero-order valence-electron chi connectivity index (χ0n) is 7.47. The number of rotatable bonds is 3. The summed E-state index contributed by atoms with van der Waals surface area (Å²) in [7, 11) is 0. The topological polar surface area (TPSA) is 32.3 Å². The molecule has 76 valence electrons. The highest BCUT2D eigenvalue weighted by Crippen LogP contribution is 2.33. The van der Waals surface area contributed by atoms with Gasteiger partial charge in [-0.05, 0) is 19.4 Å². The molecule has 2 N–H and O–H groups in total. The number of halogens is 2. The van der Waals surface area contributed by atoms with Crippen molar-refractivity contribution in [2.75, 3.05) is 13.1 Å². The van der Waals surface area contributed by atoms with Crippen molar-refractivity contribution in [3.8, 4) is 0 Å². The largest absolute Gasteiger partial charge is 0.392 e. The van der Waals surface area contributed by atoms with Gasteiger partial charge in [-0.1, -0.05) is 6.08 Å². The maximum absolute atomic E-state index is 13.2. The Morgan fingerprint density at radius 2 is 2.38 bits per heavy atom. The lowest BCUT2D eigenvalue weighted by molar-refractivity contribution is -0.115. The Kier molecular flexibility index (Phi) is 3.39. The van der Waals surface area contributed by atoms with Crippen molar-refractivity contribution in [1.29, 1.82) is 0 Å². The average Bonchev–Trinajstić information content (AvgIpc) is 2.03. The molecule has 2 nitrogen and oxygen atoms in total. The van der Waals surface area contributed by atoms with Crippen LogP contribution in [0.1, 0.15) is 12.8 Å². The zero-order valence-corrected chi connectivity index (χ0v) is 7.47. The van der Waals surface area contributed by atoms with Gasteiger partial charge in [0.1, 0.15) is 0 Å². The molecule has 0 aliphatic carbocycles. The summed E-state index contributed by atoms with van der Waals surface area (Å²) in [6.07, 6.45) is 1.07. The molecule has 0 radical (unpaired) electrons. The Morgan fingerprint density at radius 1 is 1.69 bits per heavy atom. The van der Waals surface area contributed by atoms with Crippen LogP contribution in [0.2, 0.25) is 0 Å². The summed E-state index contributed by atoms with van der Waals surface area (Å²) in [5, 5.41) is 12.0. The summed E-state index contributed by atoms with van der Waals surface area (Å²) in [5.41, 5.74) is 0. The van der Waals surface area contributed by atoms with Crippen molar-refractivity contribution in [2.24, 2.45) is 5.92 Å². The van der Waals surface area contributed by atoms with E-state index in [1.807, 2.05) is 0 Å². The van der Waals surface area contributed by atoms with E-state index < -0.39 is 17.9 Å². The maximum atomic E-state index is 13.2. The van der Waals surface area contributed by atoms with Crippen LogP contribution in [0, 0.1) is 5.92 Å². The van der Waals surface area contributed by atoms with Gasteiger partial charge in [0.2, 0.25) is 0 Å². The fourth-order valence-electron chi connectivity index (χ4n) is 1.66. The van der Waals surface area contributed by atoms with E-state index in [-0.39, 0.29) is 13.0 Å². The van der Waals surface area contributed by atoms with E-state index in [0.717, 1.165) is 0 Å². The van der Waals surface area contributed by atoms with Crippen LogP contribution in [0.4, 0.5) is 8.78 Å². The molecule has 0 saturated carbocycles. The van der Waals surface area contributed by atoms with Crippen LogP contribution in [0.3, 0.4) is 0 Å². The smallest absolute Gasteiger partial charge is 0.265 e. The van der Waals surface area contributed by atoms with Crippen LogP contribution in [-0.4, -0.2) is 30.2 Å². The molecule has 4 heteroatoms. The van der Waals surface area contributed by atoms with Crippen LogP contribution >= 0.6 is 0 Å². The van der Waals surface area contributed by atoms with Crippen LogP contribution in [-0.2, 0) is 0 Å². The van der Waals surface area contributed by atoms with Gasteiger partial charge in [-0.3, -0.25) is 0 Å². The first kappa shape index (κ1) is 10.6. The highest BCUT2D eigenvalue weighted by atomic mass is 19.3. The highest BCUT2D eigenvalue weighted by molar-refractivity contribution is 4.91. The van der Waals surface area contributed by atoms with E-state index in [1.165, 1.54) is 6.08 Å².